The van der Waals surface area contributed by atoms with E-state index in [1.165, 1.54) is 12.8 Å². The molecule has 0 aliphatic rings. The molecule has 0 spiro atoms. The van der Waals surface area contributed by atoms with E-state index in [4.69, 9.17) is 12.2 Å². The minimum absolute atomic E-state index is 0.0493. The molecular formula is C34H46N2O2. The van der Waals surface area contributed by atoms with Gasteiger partial charge in [0.25, 0.3) is 5.91 Å². The highest BCUT2D eigenvalue weighted by molar-refractivity contribution is 5.89. The maximum Gasteiger partial charge on any atom is 0.257 e. The molecule has 2 N–H and O–H groups in total. The van der Waals surface area contributed by atoms with Crippen molar-refractivity contribution in [2.75, 3.05) is 6.54 Å². The van der Waals surface area contributed by atoms with Gasteiger partial charge in [0, 0.05) is 43.3 Å². The molecule has 0 saturated heterocycles. The fraction of sp³-hybridized carbons (Fsp3) is 0.529. The number of carbonyl (C=O) groups is 2. The fourth-order valence-corrected chi connectivity index (χ4v) is 3.30. The number of unbranched alkanes of at least 4 members (excludes halogenated alkanes) is 7. The van der Waals surface area contributed by atoms with Crippen molar-refractivity contribution in [3.8, 4) is 48.0 Å². The van der Waals surface area contributed by atoms with Crippen molar-refractivity contribution in [1.29, 1.82) is 0 Å². The molecule has 2 amide bonds. The van der Waals surface area contributed by atoms with Crippen LogP contribution in [0.4, 0.5) is 0 Å². The van der Waals surface area contributed by atoms with Gasteiger partial charge in [0.05, 0.1) is 0 Å². The van der Waals surface area contributed by atoms with Crippen LogP contribution < -0.4 is 5.73 Å². The van der Waals surface area contributed by atoms with Crippen LogP contribution in [0, 0.1) is 59.8 Å². The highest BCUT2D eigenvalue weighted by Gasteiger charge is 2.09. The third-order valence-electron chi connectivity index (χ3n) is 5.55. The molecule has 38 heavy (non-hydrogen) atoms. The van der Waals surface area contributed by atoms with E-state index < -0.39 is 0 Å². The minimum atomic E-state index is -0.221. The van der Waals surface area contributed by atoms with Crippen molar-refractivity contribution >= 4 is 11.8 Å². The zero-order valence-corrected chi connectivity index (χ0v) is 23.7. The first-order valence-corrected chi connectivity index (χ1v) is 13.9. The molecule has 0 fully saturated rings. The number of hydrogen-bond acceptors (Lipinski definition) is 2. The van der Waals surface area contributed by atoms with Crippen molar-refractivity contribution in [3.05, 3.63) is 36.5 Å². The third kappa shape index (κ3) is 22.8. The monoisotopic (exact) mass is 514 g/mol. The number of rotatable bonds is 18. The van der Waals surface area contributed by atoms with E-state index in [1.807, 2.05) is 13.0 Å². The number of terminal acetylenes is 1. The first-order chi connectivity index (χ1) is 18.4. The van der Waals surface area contributed by atoms with Crippen LogP contribution in [0.2, 0.25) is 0 Å². The highest BCUT2D eigenvalue weighted by atomic mass is 16.2. The molecule has 0 aromatic carbocycles. The molecule has 4 heteroatoms. The predicted molar refractivity (Wildman–Crippen MR) is 160 cm³/mol. The summed E-state index contributed by atoms with van der Waals surface area (Å²) in [5.74, 6) is 16.5. The minimum Gasteiger partial charge on any atom is -0.369 e. The molecule has 1 atom stereocenters. The van der Waals surface area contributed by atoms with Gasteiger partial charge in [-0.2, -0.15) is 0 Å². The van der Waals surface area contributed by atoms with Gasteiger partial charge >= 0.3 is 0 Å². The lowest BCUT2D eigenvalue weighted by Crippen LogP contribution is -2.28. The van der Waals surface area contributed by atoms with Gasteiger partial charge in [-0.1, -0.05) is 69.4 Å². The summed E-state index contributed by atoms with van der Waals surface area (Å²) in [6.07, 6.45) is 28.8. The van der Waals surface area contributed by atoms with E-state index >= 15 is 0 Å². The van der Waals surface area contributed by atoms with Crippen LogP contribution in [0.3, 0.4) is 0 Å². The molecule has 0 aliphatic heterocycles. The van der Waals surface area contributed by atoms with Crippen LogP contribution in [-0.4, -0.2) is 23.3 Å². The van der Waals surface area contributed by atoms with Gasteiger partial charge in [0.2, 0.25) is 5.91 Å². The molecule has 0 aromatic rings. The smallest absolute Gasteiger partial charge is 0.257 e. The molecule has 0 rings (SSSR count). The quantitative estimate of drug-likeness (QED) is 0.0742. The Morgan fingerprint density at radius 1 is 0.816 bits per heavy atom. The number of carbonyl (C=O) groups excluding carboxylic acids is 2. The van der Waals surface area contributed by atoms with E-state index in [9.17, 15) is 9.59 Å². The number of nitrogens with zero attached hydrogens (tertiary/aromatic N) is 1. The number of hydrogen-bond donors (Lipinski definition) is 1. The second kappa shape index (κ2) is 25.1. The average Bonchev–Trinajstić information content (AvgIpc) is 2.88. The van der Waals surface area contributed by atoms with Gasteiger partial charge in [-0.25, -0.2) is 0 Å². The molecule has 0 bridgehead atoms. The summed E-state index contributed by atoms with van der Waals surface area (Å²) >= 11 is 0. The lowest BCUT2D eigenvalue weighted by molar-refractivity contribution is -0.123. The van der Waals surface area contributed by atoms with Crippen molar-refractivity contribution in [1.82, 2.24) is 4.90 Å². The normalized spacial score (nSPS) is 11.3. The average molecular weight is 515 g/mol. The molecule has 0 aromatic heterocycles. The van der Waals surface area contributed by atoms with E-state index in [0.29, 0.717) is 18.9 Å². The predicted octanol–water partition coefficient (Wildman–Crippen LogP) is 6.54. The van der Waals surface area contributed by atoms with Crippen LogP contribution in [0.5, 0.6) is 0 Å². The van der Waals surface area contributed by atoms with Crippen LogP contribution >= 0.6 is 0 Å². The molecule has 204 valence electrons. The largest absolute Gasteiger partial charge is 0.369 e. The van der Waals surface area contributed by atoms with Crippen LogP contribution in [0.15, 0.2) is 36.5 Å². The molecule has 4 nitrogen and oxygen atoms in total. The second-order valence-electron chi connectivity index (χ2n) is 9.64. The number of nitrogens with two attached hydrogens (primary N) is 1. The number of amides is 2. The maximum atomic E-state index is 12.5. The van der Waals surface area contributed by atoms with Gasteiger partial charge in [-0.15, -0.1) is 6.42 Å². The van der Waals surface area contributed by atoms with Gasteiger partial charge in [-0.3, -0.25) is 14.5 Å². The molecule has 0 heterocycles. The van der Waals surface area contributed by atoms with Gasteiger partial charge in [0.1, 0.15) is 0 Å². The Hall–Kier alpha value is -3.60. The summed E-state index contributed by atoms with van der Waals surface area (Å²) in [6.45, 7) is 6.57. The van der Waals surface area contributed by atoms with E-state index in [-0.39, 0.29) is 17.7 Å². The maximum absolute atomic E-state index is 12.5. The Kier molecular flexibility index (Phi) is 22.7. The van der Waals surface area contributed by atoms with E-state index in [1.54, 1.807) is 11.0 Å². The first-order valence-electron chi connectivity index (χ1n) is 13.9. The summed E-state index contributed by atoms with van der Waals surface area (Å²) in [5.41, 5.74) is 5.26. The van der Waals surface area contributed by atoms with Gasteiger partial charge in [0.15, 0.2) is 0 Å². The van der Waals surface area contributed by atoms with Crippen LogP contribution in [-0.2, 0) is 9.59 Å². The summed E-state index contributed by atoms with van der Waals surface area (Å²) in [4.78, 5) is 25.0. The Morgan fingerprint density at radius 3 is 2.16 bits per heavy atom. The summed E-state index contributed by atoms with van der Waals surface area (Å²) in [6, 6.07) is 2.90. The van der Waals surface area contributed by atoms with Crippen molar-refractivity contribution < 1.29 is 9.59 Å². The Bertz CT molecular complexity index is 991. The van der Waals surface area contributed by atoms with Crippen molar-refractivity contribution in [3.63, 3.8) is 0 Å². The Morgan fingerprint density at radius 2 is 1.47 bits per heavy atom. The van der Waals surface area contributed by atoms with Crippen LogP contribution in [0.1, 0.15) is 97.8 Å². The first kappa shape index (κ1) is 34.4. The molecule has 0 aliphatic carbocycles. The molecule has 0 saturated carbocycles. The molecule has 0 radical (unpaired) electrons. The standard InChI is InChI=1S/C34H46N2O2/c1-5-6-7-8-9-19-22-25-28-33(37)36(30-31(2)3)29-26-23-20-17-15-13-11-10-12-14-16-18-21-24-27-32(4)34(35)38/h1,13,15,18,21,25,28,31-32H,8-12,14,16-17,19,22,24,27,30H2,2-4H3,(H2,35,38). The van der Waals surface area contributed by atoms with Crippen LogP contribution in [0.25, 0.3) is 0 Å². The summed E-state index contributed by atoms with van der Waals surface area (Å²) < 4.78 is 0. The van der Waals surface area contributed by atoms with Crippen molar-refractivity contribution in [2.45, 2.75) is 97.8 Å². The number of primary amides is 1. The lowest BCUT2D eigenvalue weighted by Gasteiger charge is -2.15. The van der Waals surface area contributed by atoms with E-state index in [0.717, 1.165) is 57.8 Å². The van der Waals surface area contributed by atoms with E-state index in [2.05, 4.69) is 79.7 Å². The zero-order valence-electron chi connectivity index (χ0n) is 23.7. The Balaban J connectivity index is 4.17. The number of allylic oxidation sites excluding steroid dienone is 5. The van der Waals surface area contributed by atoms with Crippen molar-refractivity contribution in [2.24, 2.45) is 17.6 Å². The highest BCUT2D eigenvalue weighted by Crippen LogP contribution is 2.08. The van der Waals surface area contributed by atoms with Gasteiger partial charge in [-0.05, 0) is 81.5 Å². The lowest BCUT2D eigenvalue weighted by atomic mass is 10.0. The fourth-order valence-electron chi connectivity index (χ4n) is 3.30. The topological polar surface area (TPSA) is 63.4 Å². The Labute approximate surface area is 232 Å². The third-order valence-corrected chi connectivity index (χ3v) is 5.55. The zero-order chi connectivity index (χ0) is 28.3. The molecular weight excluding hydrogens is 468 g/mol. The summed E-state index contributed by atoms with van der Waals surface area (Å²) in [5, 5.41) is 0. The SMILES string of the molecule is C#CC#CCCCCC=CC(=O)N(C#CC#CCC=CCCCCCC=CCCC(C)C(N)=O)CC(C)C. The summed E-state index contributed by atoms with van der Waals surface area (Å²) in [7, 11) is 0. The molecule has 1 unspecified atom stereocenters. The van der Waals surface area contributed by atoms with Gasteiger partial charge < -0.3 is 5.73 Å². The second-order valence-corrected chi connectivity index (χ2v) is 9.64.